The number of para-hydroxylation sites is 2. The molecule has 4 aromatic carbocycles. The van der Waals surface area contributed by atoms with E-state index in [9.17, 15) is 0 Å². The third-order valence-electron chi connectivity index (χ3n) is 8.33. The van der Waals surface area contributed by atoms with Gasteiger partial charge in [0.05, 0.1) is 16.8 Å². The fraction of sp³-hybridized carbons (Fsp3) is 0.0286. The van der Waals surface area contributed by atoms with Crippen molar-refractivity contribution in [2.75, 3.05) is 4.90 Å². The second-order valence-electron chi connectivity index (χ2n) is 10.2. The maximum absolute atomic E-state index is 5.11. The van der Waals surface area contributed by atoms with Gasteiger partial charge in [-0.25, -0.2) is 0 Å². The number of hydrogen-bond acceptors (Lipinski definition) is 3. The molecule has 2 aromatic heterocycles. The number of benzene rings is 4. The van der Waals surface area contributed by atoms with Gasteiger partial charge in [0.25, 0.3) is 6.71 Å². The normalized spacial score (nSPS) is 16.7. The summed E-state index contributed by atoms with van der Waals surface area (Å²) in [5.41, 5.74) is 11.4. The molecule has 1 atom stereocenters. The fourth-order valence-electron chi connectivity index (χ4n) is 6.90. The molecule has 2 aliphatic rings. The van der Waals surface area contributed by atoms with E-state index in [0.29, 0.717) is 0 Å². The Bertz CT molecular complexity index is 1600. The monoisotopic (exact) mass is 497 g/mol. The van der Waals surface area contributed by atoms with Gasteiger partial charge < -0.3 is 4.90 Å². The van der Waals surface area contributed by atoms with Gasteiger partial charge in [-0.2, -0.15) is 0 Å². The van der Waals surface area contributed by atoms with E-state index in [1.54, 1.807) is 0 Å². The zero-order valence-electron chi connectivity index (χ0n) is 21.3. The Labute approximate surface area is 228 Å². The van der Waals surface area contributed by atoms with Crippen molar-refractivity contribution in [2.45, 2.75) is 5.41 Å². The number of anilines is 3. The number of nitrogens with zero attached hydrogens (tertiary/aromatic N) is 3. The summed E-state index contributed by atoms with van der Waals surface area (Å²) in [6.45, 7) is 0.0451. The highest BCUT2D eigenvalue weighted by atomic mass is 15.2. The second kappa shape index (κ2) is 8.54. The van der Waals surface area contributed by atoms with Crippen LogP contribution in [0.4, 0.5) is 17.1 Å². The summed E-state index contributed by atoms with van der Waals surface area (Å²) in [5.74, 6) is 0. The van der Waals surface area contributed by atoms with Gasteiger partial charge in [-0.3, -0.25) is 9.97 Å². The molecule has 0 saturated heterocycles. The fourth-order valence-corrected chi connectivity index (χ4v) is 6.90. The first kappa shape index (κ1) is 22.1. The largest absolute Gasteiger partial charge is 0.310 e. The number of pyridine rings is 2. The smallest absolute Gasteiger partial charge is 0.265 e. The lowest BCUT2D eigenvalue weighted by Crippen LogP contribution is -2.63. The molecular weight excluding hydrogens is 473 g/mol. The van der Waals surface area contributed by atoms with Crippen LogP contribution >= 0.6 is 0 Å². The van der Waals surface area contributed by atoms with Crippen LogP contribution in [-0.2, 0) is 5.41 Å². The van der Waals surface area contributed by atoms with E-state index in [4.69, 9.17) is 9.97 Å². The maximum Gasteiger partial charge on any atom is 0.265 e. The van der Waals surface area contributed by atoms with E-state index >= 15 is 0 Å². The minimum absolute atomic E-state index is 0.0451. The third-order valence-corrected chi connectivity index (χ3v) is 8.33. The molecule has 182 valence electrons. The van der Waals surface area contributed by atoms with Gasteiger partial charge in [-0.1, -0.05) is 108 Å². The molecule has 4 heteroatoms. The quantitative estimate of drug-likeness (QED) is 0.297. The molecule has 0 saturated carbocycles. The highest BCUT2D eigenvalue weighted by Gasteiger charge is 2.53. The first-order valence-electron chi connectivity index (χ1n) is 13.4. The number of fused-ring (bicyclic) bond motifs is 8. The van der Waals surface area contributed by atoms with Crippen molar-refractivity contribution in [3.8, 4) is 0 Å². The molecule has 0 fully saturated rings. The summed E-state index contributed by atoms with van der Waals surface area (Å²) in [4.78, 5) is 12.2. The van der Waals surface area contributed by atoms with E-state index in [-0.39, 0.29) is 6.71 Å². The van der Waals surface area contributed by atoms with Gasteiger partial charge in [-0.15, -0.1) is 0 Å². The summed E-state index contributed by atoms with van der Waals surface area (Å²) >= 11 is 0. The molecule has 1 spiro atoms. The Morgan fingerprint density at radius 2 is 1.21 bits per heavy atom. The molecule has 0 bridgehead atoms. The Kier molecular flexibility index (Phi) is 4.83. The van der Waals surface area contributed by atoms with Crippen molar-refractivity contribution < 1.29 is 0 Å². The van der Waals surface area contributed by atoms with Crippen molar-refractivity contribution in [3.05, 3.63) is 168 Å². The van der Waals surface area contributed by atoms with Crippen LogP contribution in [0.3, 0.4) is 0 Å². The van der Waals surface area contributed by atoms with Gasteiger partial charge in [-0.05, 0) is 47.0 Å². The van der Waals surface area contributed by atoms with E-state index in [1.165, 1.54) is 38.9 Å². The van der Waals surface area contributed by atoms with Crippen LogP contribution in [0.2, 0.25) is 0 Å². The summed E-state index contributed by atoms with van der Waals surface area (Å²) in [6, 6.07) is 45.7. The van der Waals surface area contributed by atoms with Crippen LogP contribution in [-0.4, -0.2) is 16.7 Å². The third kappa shape index (κ3) is 3.00. The average Bonchev–Trinajstić information content (AvgIpc) is 3.02. The Hall–Kier alpha value is -4.96. The first-order chi connectivity index (χ1) is 19.4. The van der Waals surface area contributed by atoms with Crippen LogP contribution in [0.25, 0.3) is 0 Å². The van der Waals surface area contributed by atoms with E-state index < -0.39 is 5.41 Å². The van der Waals surface area contributed by atoms with Crippen molar-refractivity contribution in [3.63, 3.8) is 0 Å². The molecule has 1 unspecified atom stereocenters. The van der Waals surface area contributed by atoms with Crippen LogP contribution in [0.5, 0.6) is 0 Å². The summed E-state index contributed by atoms with van der Waals surface area (Å²) < 4.78 is 0. The second-order valence-corrected chi connectivity index (χ2v) is 10.2. The minimum atomic E-state index is -0.559. The van der Waals surface area contributed by atoms with Crippen molar-refractivity contribution in [1.82, 2.24) is 9.97 Å². The molecular formula is C35H24BN3. The van der Waals surface area contributed by atoms with E-state index in [1.807, 2.05) is 12.4 Å². The van der Waals surface area contributed by atoms with Crippen LogP contribution in [0.15, 0.2) is 146 Å². The summed E-state index contributed by atoms with van der Waals surface area (Å²) in [5, 5.41) is 0. The maximum atomic E-state index is 5.11. The SMILES string of the molecule is c1ccc(B2c3ccccc3C3(c4ccccc4N(c4ccccc4)c4ccncc43)c3cccnc32)cc1. The highest BCUT2D eigenvalue weighted by molar-refractivity contribution is 6.96. The summed E-state index contributed by atoms with van der Waals surface area (Å²) in [6.07, 6.45) is 5.91. The first-order valence-corrected chi connectivity index (χ1v) is 13.4. The lowest BCUT2D eigenvalue weighted by atomic mass is 9.32. The van der Waals surface area contributed by atoms with E-state index in [2.05, 4.69) is 138 Å². The van der Waals surface area contributed by atoms with Crippen molar-refractivity contribution in [1.29, 1.82) is 0 Å². The van der Waals surface area contributed by atoms with Crippen LogP contribution < -0.4 is 21.4 Å². The molecule has 0 radical (unpaired) electrons. The standard InChI is InChI=1S/C35H24BN3/c1-3-12-25(13-4-1)36-31-19-9-7-16-27(31)35(29-18-11-22-38-34(29)36)28-17-8-10-20-32(28)39(26-14-5-2-6-15-26)33-21-23-37-24-30(33)35/h1-24H. The Morgan fingerprint density at radius 3 is 2.05 bits per heavy atom. The van der Waals surface area contributed by atoms with Crippen molar-refractivity contribution in [2.24, 2.45) is 0 Å². The highest BCUT2D eigenvalue weighted by Crippen LogP contribution is 2.57. The predicted octanol–water partition coefficient (Wildman–Crippen LogP) is 5.47. The molecule has 3 nitrogen and oxygen atoms in total. The van der Waals surface area contributed by atoms with Gasteiger partial charge in [0.15, 0.2) is 0 Å². The number of hydrogen-bond donors (Lipinski definition) is 0. The molecule has 6 aromatic rings. The Balaban J connectivity index is 1.53. The molecule has 39 heavy (non-hydrogen) atoms. The zero-order chi connectivity index (χ0) is 25.8. The van der Waals surface area contributed by atoms with E-state index in [0.717, 1.165) is 17.0 Å². The predicted molar refractivity (Wildman–Crippen MR) is 160 cm³/mol. The molecule has 8 rings (SSSR count). The molecule has 0 N–H and O–H groups in total. The molecule has 2 aliphatic heterocycles. The lowest BCUT2D eigenvalue weighted by molar-refractivity contribution is 0.728. The number of aromatic nitrogens is 2. The van der Waals surface area contributed by atoms with Crippen molar-refractivity contribution >= 4 is 40.3 Å². The topological polar surface area (TPSA) is 29.0 Å². The summed E-state index contributed by atoms with van der Waals surface area (Å²) in [7, 11) is 0. The molecule has 0 amide bonds. The minimum Gasteiger partial charge on any atom is -0.310 e. The van der Waals surface area contributed by atoms with Gasteiger partial charge >= 0.3 is 0 Å². The average molecular weight is 497 g/mol. The number of rotatable bonds is 2. The Morgan fingerprint density at radius 1 is 0.538 bits per heavy atom. The van der Waals surface area contributed by atoms with Crippen LogP contribution in [0, 0.1) is 0 Å². The molecule has 4 heterocycles. The van der Waals surface area contributed by atoms with Crippen LogP contribution in [0.1, 0.15) is 22.3 Å². The lowest BCUT2D eigenvalue weighted by Gasteiger charge is -2.49. The van der Waals surface area contributed by atoms with Gasteiger partial charge in [0.1, 0.15) is 0 Å². The zero-order valence-corrected chi connectivity index (χ0v) is 21.3. The molecule has 0 aliphatic carbocycles. The van der Waals surface area contributed by atoms with Gasteiger partial charge in [0.2, 0.25) is 0 Å². The van der Waals surface area contributed by atoms with Gasteiger partial charge in [0, 0.05) is 35.4 Å².